The molecule has 126 valence electrons. The van der Waals surface area contributed by atoms with Crippen LogP contribution < -0.4 is 10.6 Å². The van der Waals surface area contributed by atoms with Crippen LogP contribution in [0.25, 0.3) is 0 Å². The van der Waals surface area contributed by atoms with Crippen molar-refractivity contribution in [3.63, 3.8) is 0 Å². The van der Waals surface area contributed by atoms with Crippen molar-refractivity contribution in [2.24, 2.45) is 0 Å². The lowest BCUT2D eigenvalue weighted by Gasteiger charge is -2.24. The largest absolute Gasteiger partial charge is 0.447 e. The zero-order chi connectivity index (χ0) is 16.8. The number of hydrogen-bond acceptors (Lipinski definition) is 5. The SMILES string of the molecule is CN(CCCC(=O)NCC1COC(=O)N1)C(=O)OC(C)(C)C. The highest BCUT2D eigenvalue weighted by Gasteiger charge is 2.22. The van der Waals surface area contributed by atoms with Crippen molar-refractivity contribution in [2.45, 2.75) is 45.3 Å². The van der Waals surface area contributed by atoms with Crippen LogP contribution in [-0.2, 0) is 14.3 Å². The number of rotatable bonds is 6. The Morgan fingerprint density at radius 2 is 2.14 bits per heavy atom. The molecule has 1 rings (SSSR count). The molecule has 0 saturated carbocycles. The van der Waals surface area contributed by atoms with Gasteiger partial charge in [0, 0.05) is 26.6 Å². The molecule has 1 saturated heterocycles. The summed E-state index contributed by atoms with van der Waals surface area (Å²) in [5.41, 5.74) is -0.531. The molecule has 0 bridgehead atoms. The van der Waals surface area contributed by atoms with E-state index in [2.05, 4.69) is 10.6 Å². The Morgan fingerprint density at radius 3 is 2.68 bits per heavy atom. The van der Waals surface area contributed by atoms with E-state index in [9.17, 15) is 14.4 Å². The highest BCUT2D eigenvalue weighted by atomic mass is 16.6. The normalized spacial score (nSPS) is 17.5. The van der Waals surface area contributed by atoms with Gasteiger partial charge in [0.25, 0.3) is 0 Å². The van der Waals surface area contributed by atoms with Gasteiger partial charge >= 0.3 is 12.2 Å². The van der Waals surface area contributed by atoms with Gasteiger partial charge in [-0.2, -0.15) is 0 Å². The molecule has 1 aliphatic heterocycles. The molecule has 0 spiro atoms. The number of hydrogen-bond donors (Lipinski definition) is 2. The maximum atomic E-state index is 11.7. The van der Waals surface area contributed by atoms with Gasteiger partial charge in [-0.15, -0.1) is 0 Å². The Morgan fingerprint density at radius 1 is 1.45 bits per heavy atom. The van der Waals surface area contributed by atoms with Crippen LogP contribution in [0.15, 0.2) is 0 Å². The fourth-order valence-corrected chi connectivity index (χ4v) is 1.77. The first-order valence-corrected chi connectivity index (χ1v) is 7.31. The van der Waals surface area contributed by atoms with Crippen LogP contribution in [0, 0.1) is 0 Å². The highest BCUT2D eigenvalue weighted by Crippen LogP contribution is 2.09. The van der Waals surface area contributed by atoms with Gasteiger partial charge in [-0.3, -0.25) is 4.79 Å². The summed E-state index contributed by atoms with van der Waals surface area (Å²) in [6, 6.07) is -0.180. The van der Waals surface area contributed by atoms with Crippen molar-refractivity contribution in [1.29, 1.82) is 0 Å². The second-order valence-electron chi connectivity index (χ2n) is 6.25. The summed E-state index contributed by atoms with van der Waals surface area (Å²) in [4.78, 5) is 35.6. The first-order valence-electron chi connectivity index (χ1n) is 7.31. The van der Waals surface area contributed by atoms with Crippen molar-refractivity contribution < 1.29 is 23.9 Å². The fourth-order valence-electron chi connectivity index (χ4n) is 1.77. The van der Waals surface area contributed by atoms with Crippen molar-refractivity contribution >= 4 is 18.1 Å². The molecule has 1 atom stereocenters. The maximum absolute atomic E-state index is 11.7. The van der Waals surface area contributed by atoms with Gasteiger partial charge in [0.05, 0.1) is 6.04 Å². The highest BCUT2D eigenvalue weighted by molar-refractivity contribution is 5.76. The van der Waals surface area contributed by atoms with E-state index in [1.807, 2.05) is 0 Å². The third kappa shape index (κ3) is 7.14. The Hall–Kier alpha value is -1.99. The molecule has 1 unspecified atom stereocenters. The van der Waals surface area contributed by atoms with Crippen molar-refractivity contribution in [2.75, 3.05) is 26.7 Å². The molecule has 1 fully saturated rings. The van der Waals surface area contributed by atoms with Gasteiger partial charge in [-0.25, -0.2) is 9.59 Å². The van der Waals surface area contributed by atoms with Crippen LogP contribution in [0.1, 0.15) is 33.6 Å². The molecule has 3 amide bonds. The number of cyclic esters (lactones) is 1. The van der Waals surface area contributed by atoms with Crippen molar-refractivity contribution in [3.8, 4) is 0 Å². The number of nitrogens with one attached hydrogen (secondary N) is 2. The standard InChI is InChI=1S/C14H25N3O5/c1-14(2,3)22-13(20)17(4)7-5-6-11(18)15-8-10-9-21-12(19)16-10/h10H,5-9H2,1-4H3,(H,15,18)(H,16,19). The Bertz CT molecular complexity index is 419. The number of ether oxygens (including phenoxy) is 2. The molecule has 1 heterocycles. The lowest BCUT2D eigenvalue weighted by Crippen LogP contribution is -2.39. The first-order chi connectivity index (χ1) is 10.2. The van der Waals surface area contributed by atoms with Gasteiger partial charge in [-0.1, -0.05) is 0 Å². The molecule has 0 aromatic carbocycles. The second-order valence-corrected chi connectivity index (χ2v) is 6.25. The van der Waals surface area contributed by atoms with Crippen LogP contribution in [0.3, 0.4) is 0 Å². The summed E-state index contributed by atoms with van der Waals surface area (Å²) in [7, 11) is 1.64. The first kappa shape index (κ1) is 18.1. The number of amides is 3. The minimum absolute atomic E-state index is 0.126. The average Bonchev–Trinajstić information content (AvgIpc) is 2.80. The van der Waals surface area contributed by atoms with E-state index in [1.54, 1.807) is 27.8 Å². The van der Waals surface area contributed by atoms with E-state index in [4.69, 9.17) is 9.47 Å². The number of nitrogens with zero attached hydrogens (tertiary/aromatic N) is 1. The molecule has 8 heteroatoms. The molecular weight excluding hydrogens is 290 g/mol. The fraction of sp³-hybridized carbons (Fsp3) is 0.786. The molecule has 0 aliphatic carbocycles. The van der Waals surface area contributed by atoms with Crippen molar-refractivity contribution in [1.82, 2.24) is 15.5 Å². The average molecular weight is 315 g/mol. The topological polar surface area (TPSA) is 97.0 Å². The third-order valence-corrected chi connectivity index (χ3v) is 2.89. The molecule has 8 nitrogen and oxygen atoms in total. The smallest absolute Gasteiger partial charge is 0.410 e. The zero-order valence-corrected chi connectivity index (χ0v) is 13.6. The minimum atomic E-state index is -0.531. The van der Waals surface area contributed by atoms with Crippen LogP contribution in [0.4, 0.5) is 9.59 Å². The van der Waals surface area contributed by atoms with Crippen LogP contribution in [0.2, 0.25) is 0 Å². The van der Waals surface area contributed by atoms with Gasteiger partial charge < -0.3 is 25.0 Å². The summed E-state index contributed by atoms with van der Waals surface area (Å²) in [6.45, 7) is 6.45. The van der Waals surface area contributed by atoms with Gasteiger partial charge in [0.15, 0.2) is 0 Å². The van der Waals surface area contributed by atoms with Crippen LogP contribution >= 0.6 is 0 Å². The molecule has 0 radical (unpaired) electrons. The van der Waals surface area contributed by atoms with Crippen LogP contribution in [-0.4, -0.2) is 61.4 Å². The van der Waals surface area contributed by atoms with E-state index < -0.39 is 17.8 Å². The van der Waals surface area contributed by atoms with E-state index in [-0.39, 0.29) is 18.6 Å². The van der Waals surface area contributed by atoms with E-state index in [0.717, 1.165) is 0 Å². The summed E-state index contributed by atoms with van der Waals surface area (Å²) in [5.74, 6) is -0.126. The molecule has 2 N–H and O–H groups in total. The van der Waals surface area contributed by atoms with Gasteiger partial charge in [0.2, 0.25) is 5.91 Å². The number of carbonyl (C=O) groups is 3. The predicted octanol–water partition coefficient (Wildman–Crippen LogP) is 0.858. The quantitative estimate of drug-likeness (QED) is 0.757. The van der Waals surface area contributed by atoms with E-state index in [0.29, 0.717) is 25.9 Å². The summed E-state index contributed by atoms with van der Waals surface area (Å²) in [5, 5.41) is 5.29. The Balaban J connectivity index is 2.13. The van der Waals surface area contributed by atoms with Crippen LogP contribution in [0.5, 0.6) is 0 Å². The van der Waals surface area contributed by atoms with E-state index >= 15 is 0 Å². The number of carbonyl (C=O) groups excluding carboxylic acids is 3. The summed E-state index contributed by atoms with van der Waals surface area (Å²) < 4.78 is 9.93. The van der Waals surface area contributed by atoms with Gasteiger partial charge in [-0.05, 0) is 27.2 Å². The molecular formula is C14H25N3O5. The summed E-state index contributed by atoms with van der Waals surface area (Å²) in [6.07, 6.45) is -0.0269. The number of alkyl carbamates (subject to hydrolysis) is 1. The summed E-state index contributed by atoms with van der Waals surface area (Å²) >= 11 is 0. The predicted molar refractivity (Wildman–Crippen MR) is 79.4 cm³/mol. The second kappa shape index (κ2) is 7.86. The lowest BCUT2D eigenvalue weighted by molar-refractivity contribution is -0.121. The molecule has 1 aliphatic rings. The lowest BCUT2D eigenvalue weighted by atomic mass is 10.2. The minimum Gasteiger partial charge on any atom is -0.447 e. The molecule has 0 aromatic rings. The Labute approximate surface area is 130 Å². The van der Waals surface area contributed by atoms with Gasteiger partial charge in [0.1, 0.15) is 12.2 Å². The molecule has 22 heavy (non-hydrogen) atoms. The Kier molecular flexibility index (Phi) is 6.45. The maximum Gasteiger partial charge on any atom is 0.410 e. The third-order valence-electron chi connectivity index (χ3n) is 2.89. The monoisotopic (exact) mass is 315 g/mol. The zero-order valence-electron chi connectivity index (χ0n) is 13.6. The molecule has 0 aromatic heterocycles. The van der Waals surface area contributed by atoms with Crippen molar-refractivity contribution in [3.05, 3.63) is 0 Å². The van der Waals surface area contributed by atoms with E-state index in [1.165, 1.54) is 4.90 Å².